The minimum Gasteiger partial charge on any atom is -0.335 e. The third kappa shape index (κ3) is 3.22. The van der Waals surface area contributed by atoms with E-state index in [0.29, 0.717) is 13.1 Å². The molecule has 1 atom stereocenters. The first kappa shape index (κ1) is 15.5. The average Bonchev–Trinajstić information content (AvgIpc) is 2.80. The zero-order valence-corrected chi connectivity index (χ0v) is 14.1. The third-order valence-electron chi connectivity index (χ3n) is 3.65. The van der Waals surface area contributed by atoms with Gasteiger partial charge in [-0.3, -0.25) is 9.69 Å². The molecule has 0 saturated carbocycles. The summed E-state index contributed by atoms with van der Waals surface area (Å²) >= 11 is 4.95. The van der Waals surface area contributed by atoms with E-state index in [0.717, 1.165) is 33.7 Å². The number of aryl methyl sites for hydroxylation is 1. The van der Waals surface area contributed by atoms with Gasteiger partial charge in [-0.15, -0.1) is 11.3 Å². The van der Waals surface area contributed by atoms with Gasteiger partial charge in [-0.1, -0.05) is 6.92 Å². The number of rotatable bonds is 3. The summed E-state index contributed by atoms with van der Waals surface area (Å²) in [7, 11) is 0. The Kier molecular flexibility index (Phi) is 5.19. The van der Waals surface area contributed by atoms with Crippen LogP contribution in [-0.4, -0.2) is 47.9 Å². The van der Waals surface area contributed by atoms with Crippen molar-refractivity contribution in [1.82, 2.24) is 9.80 Å². The Morgan fingerprint density at radius 3 is 2.60 bits per heavy atom. The van der Waals surface area contributed by atoms with Gasteiger partial charge in [0.25, 0.3) is 5.91 Å². The molecule has 1 unspecified atom stereocenters. The van der Waals surface area contributed by atoms with E-state index < -0.39 is 0 Å². The fourth-order valence-electron chi connectivity index (χ4n) is 2.39. The Labute approximate surface area is 132 Å². The van der Waals surface area contributed by atoms with Crippen molar-refractivity contribution in [2.24, 2.45) is 0 Å². The van der Waals surface area contributed by atoms with E-state index in [-0.39, 0.29) is 11.9 Å². The second-order valence-corrected chi connectivity index (χ2v) is 7.32. The van der Waals surface area contributed by atoms with Crippen LogP contribution in [0.1, 0.15) is 28.6 Å². The molecule has 1 amide bonds. The fraction of sp³-hybridized carbons (Fsp3) is 0.571. The Morgan fingerprint density at radius 1 is 1.50 bits per heavy atom. The van der Waals surface area contributed by atoms with Crippen LogP contribution in [0.5, 0.6) is 0 Å². The number of nitrogens with zero attached hydrogens (tertiary/aromatic N) is 3. The molecular formula is C14H18BrN3OS. The quantitative estimate of drug-likeness (QED) is 0.837. The van der Waals surface area contributed by atoms with Crippen molar-refractivity contribution < 1.29 is 4.79 Å². The summed E-state index contributed by atoms with van der Waals surface area (Å²) in [6, 6.07) is 4.24. The molecule has 1 aliphatic rings. The number of carbonyl (C=O) groups excluding carboxylic acids is 1. The third-order valence-corrected chi connectivity index (χ3v) is 5.77. The molecular weight excluding hydrogens is 338 g/mol. The molecule has 2 rings (SSSR count). The summed E-state index contributed by atoms with van der Waals surface area (Å²) in [5.41, 5.74) is 1.10. The topological polar surface area (TPSA) is 47.3 Å². The van der Waals surface area contributed by atoms with Crippen molar-refractivity contribution in [3.8, 4) is 6.07 Å². The molecule has 20 heavy (non-hydrogen) atoms. The van der Waals surface area contributed by atoms with Crippen LogP contribution >= 0.6 is 27.3 Å². The van der Waals surface area contributed by atoms with Gasteiger partial charge in [-0.05, 0) is 40.9 Å². The summed E-state index contributed by atoms with van der Waals surface area (Å²) in [6.07, 6.45) is 0.835. The van der Waals surface area contributed by atoms with Gasteiger partial charge in [0.2, 0.25) is 0 Å². The Morgan fingerprint density at radius 2 is 2.15 bits per heavy atom. The van der Waals surface area contributed by atoms with E-state index in [1.807, 2.05) is 24.8 Å². The van der Waals surface area contributed by atoms with E-state index in [2.05, 4.69) is 26.9 Å². The molecule has 1 fully saturated rings. The van der Waals surface area contributed by atoms with Crippen LogP contribution in [-0.2, 0) is 0 Å². The van der Waals surface area contributed by atoms with Crippen LogP contribution < -0.4 is 0 Å². The van der Waals surface area contributed by atoms with Crippen LogP contribution in [0.3, 0.4) is 0 Å². The molecule has 1 saturated heterocycles. The van der Waals surface area contributed by atoms with Crippen LogP contribution in [0, 0.1) is 18.3 Å². The molecule has 0 radical (unpaired) electrons. The molecule has 1 aromatic heterocycles. The Hall–Kier alpha value is -0.900. The highest BCUT2D eigenvalue weighted by Crippen LogP contribution is 2.28. The highest BCUT2D eigenvalue weighted by atomic mass is 79.9. The lowest BCUT2D eigenvalue weighted by molar-refractivity contribution is 0.0609. The number of thiophene rings is 1. The Balaban J connectivity index is 1.97. The molecule has 0 bridgehead atoms. The first-order valence-electron chi connectivity index (χ1n) is 6.75. The van der Waals surface area contributed by atoms with Gasteiger partial charge in [-0.25, -0.2) is 0 Å². The van der Waals surface area contributed by atoms with Gasteiger partial charge in [0.05, 0.1) is 20.8 Å². The van der Waals surface area contributed by atoms with Crippen LogP contribution in [0.2, 0.25) is 0 Å². The zero-order chi connectivity index (χ0) is 14.7. The number of nitriles is 1. The number of amides is 1. The largest absolute Gasteiger partial charge is 0.335 e. The zero-order valence-electron chi connectivity index (χ0n) is 11.7. The fourth-order valence-corrected chi connectivity index (χ4v) is 3.89. The molecule has 0 spiro atoms. The smallest absolute Gasteiger partial charge is 0.264 e. The summed E-state index contributed by atoms with van der Waals surface area (Å²) in [4.78, 5) is 17.3. The average molecular weight is 356 g/mol. The van der Waals surface area contributed by atoms with Crippen molar-refractivity contribution >= 4 is 33.2 Å². The summed E-state index contributed by atoms with van der Waals surface area (Å²) in [5.74, 6) is 0.105. The first-order chi connectivity index (χ1) is 9.56. The minimum absolute atomic E-state index is 0.0228. The molecule has 1 aromatic rings. The van der Waals surface area contributed by atoms with Crippen LogP contribution in [0.4, 0.5) is 0 Å². The number of piperazine rings is 1. The molecule has 0 aliphatic carbocycles. The molecule has 6 heteroatoms. The lowest BCUT2D eigenvalue weighted by atomic mass is 10.2. The highest BCUT2D eigenvalue weighted by molar-refractivity contribution is 9.11. The van der Waals surface area contributed by atoms with Gasteiger partial charge in [0, 0.05) is 26.2 Å². The maximum Gasteiger partial charge on any atom is 0.264 e. The standard InChI is InChI=1S/C14H18BrN3OS/c1-3-11(9-16)17-4-6-18(7-5-17)14(19)12-8-10(2)13(15)20-12/h8,11H,3-7H2,1-2H3. The van der Waals surface area contributed by atoms with Gasteiger partial charge in [0.15, 0.2) is 0 Å². The Bertz CT molecular complexity index is 510. The van der Waals surface area contributed by atoms with Crippen molar-refractivity contribution in [1.29, 1.82) is 5.26 Å². The van der Waals surface area contributed by atoms with Crippen LogP contribution in [0.25, 0.3) is 0 Å². The molecule has 1 aliphatic heterocycles. The van der Waals surface area contributed by atoms with Crippen molar-refractivity contribution in [2.75, 3.05) is 26.2 Å². The molecule has 4 nitrogen and oxygen atoms in total. The summed E-state index contributed by atoms with van der Waals surface area (Å²) in [5, 5.41) is 9.09. The molecule has 2 heterocycles. The normalized spacial score (nSPS) is 17.8. The van der Waals surface area contributed by atoms with Crippen molar-refractivity contribution in [3.05, 3.63) is 20.3 Å². The molecule has 0 N–H and O–H groups in total. The summed E-state index contributed by atoms with van der Waals surface area (Å²) in [6.45, 7) is 6.98. The van der Waals surface area contributed by atoms with Gasteiger partial charge >= 0.3 is 0 Å². The number of halogens is 1. The van der Waals surface area contributed by atoms with E-state index >= 15 is 0 Å². The molecule has 108 valence electrons. The lowest BCUT2D eigenvalue weighted by Gasteiger charge is -2.36. The van der Waals surface area contributed by atoms with Gasteiger partial charge < -0.3 is 4.90 Å². The monoisotopic (exact) mass is 355 g/mol. The number of carbonyl (C=O) groups is 1. The van der Waals surface area contributed by atoms with E-state index in [1.165, 1.54) is 11.3 Å². The van der Waals surface area contributed by atoms with Gasteiger partial charge in [0.1, 0.15) is 0 Å². The van der Waals surface area contributed by atoms with E-state index in [1.54, 1.807) is 0 Å². The maximum atomic E-state index is 12.4. The summed E-state index contributed by atoms with van der Waals surface area (Å²) < 4.78 is 1.02. The second kappa shape index (κ2) is 6.70. The number of hydrogen-bond acceptors (Lipinski definition) is 4. The number of hydrogen-bond donors (Lipinski definition) is 0. The minimum atomic E-state index is -0.0228. The first-order valence-corrected chi connectivity index (χ1v) is 8.36. The maximum absolute atomic E-state index is 12.4. The van der Waals surface area contributed by atoms with Crippen LogP contribution in [0.15, 0.2) is 9.85 Å². The lowest BCUT2D eigenvalue weighted by Crippen LogP contribution is -2.51. The van der Waals surface area contributed by atoms with E-state index in [4.69, 9.17) is 5.26 Å². The predicted octanol–water partition coefficient (Wildman–Crippen LogP) is 2.88. The highest BCUT2D eigenvalue weighted by Gasteiger charge is 2.26. The van der Waals surface area contributed by atoms with Crippen molar-refractivity contribution in [2.45, 2.75) is 26.3 Å². The second-order valence-electron chi connectivity index (χ2n) is 4.95. The van der Waals surface area contributed by atoms with E-state index in [9.17, 15) is 4.79 Å². The SMILES string of the molecule is CCC(C#N)N1CCN(C(=O)c2cc(C)c(Br)s2)CC1. The molecule has 0 aromatic carbocycles. The van der Waals surface area contributed by atoms with Gasteiger partial charge in [-0.2, -0.15) is 5.26 Å². The van der Waals surface area contributed by atoms with Crippen molar-refractivity contribution in [3.63, 3.8) is 0 Å². The predicted molar refractivity (Wildman–Crippen MR) is 83.9 cm³/mol.